The van der Waals surface area contributed by atoms with E-state index in [1.165, 1.54) is 23.9 Å². The number of hydrogen-bond donors (Lipinski definition) is 1. The zero-order valence-corrected chi connectivity index (χ0v) is 10.2. The second-order valence-corrected chi connectivity index (χ2v) is 5.65. The van der Waals surface area contributed by atoms with E-state index in [0.717, 1.165) is 12.3 Å². The van der Waals surface area contributed by atoms with Gasteiger partial charge >= 0.3 is 5.97 Å². The van der Waals surface area contributed by atoms with Crippen molar-refractivity contribution in [3.63, 3.8) is 0 Å². The third-order valence-corrected chi connectivity index (χ3v) is 4.45. The Kier molecular flexibility index (Phi) is 4.05. The fourth-order valence-corrected chi connectivity index (χ4v) is 3.39. The van der Waals surface area contributed by atoms with Crippen LogP contribution in [0.4, 0.5) is 0 Å². The lowest BCUT2D eigenvalue weighted by molar-refractivity contribution is -0.133. The number of carboxylic acids is 1. The van der Waals surface area contributed by atoms with Gasteiger partial charge in [0.25, 0.3) is 0 Å². The number of rotatable bonds is 5. The standard InChI is InChI=1S/C8H12N4O2S2/c13-7(14)5-16-8-9-10-11-12(8)3-6-1-2-15-4-6/h6H,1-5H2,(H,13,14). The second kappa shape index (κ2) is 5.53. The first-order valence-electron chi connectivity index (χ1n) is 4.94. The third kappa shape index (κ3) is 3.11. The molecule has 6 nitrogen and oxygen atoms in total. The summed E-state index contributed by atoms with van der Waals surface area (Å²) in [6, 6.07) is 0. The summed E-state index contributed by atoms with van der Waals surface area (Å²) in [5.41, 5.74) is 0. The number of carboxylic acid groups (broad SMARTS) is 1. The number of thioether (sulfide) groups is 2. The Morgan fingerprint density at radius 2 is 2.56 bits per heavy atom. The summed E-state index contributed by atoms with van der Waals surface area (Å²) in [5, 5.41) is 20.5. The fraction of sp³-hybridized carbons (Fsp3) is 0.750. The van der Waals surface area contributed by atoms with E-state index in [1.54, 1.807) is 4.68 Å². The van der Waals surface area contributed by atoms with Gasteiger partial charge in [0.1, 0.15) is 0 Å². The highest BCUT2D eigenvalue weighted by molar-refractivity contribution is 7.99. The topological polar surface area (TPSA) is 80.9 Å². The molecule has 2 rings (SSSR count). The first-order valence-corrected chi connectivity index (χ1v) is 7.08. The van der Waals surface area contributed by atoms with Crippen LogP contribution in [0.25, 0.3) is 0 Å². The molecule has 1 aromatic heterocycles. The monoisotopic (exact) mass is 260 g/mol. The Morgan fingerprint density at radius 3 is 3.25 bits per heavy atom. The van der Waals surface area contributed by atoms with Crippen LogP contribution in [-0.4, -0.2) is 48.5 Å². The van der Waals surface area contributed by atoms with Gasteiger partial charge in [-0.15, -0.1) is 5.10 Å². The van der Waals surface area contributed by atoms with E-state index in [9.17, 15) is 4.79 Å². The minimum atomic E-state index is -0.851. The van der Waals surface area contributed by atoms with Crippen molar-refractivity contribution in [3.05, 3.63) is 0 Å². The molecule has 1 aliphatic rings. The number of aliphatic carboxylic acids is 1. The lowest BCUT2D eigenvalue weighted by Crippen LogP contribution is -2.13. The molecule has 1 fully saturated rings. The van der Waals surface area contributed by atoms with Crippen molar-refractivity contribution in [2.75, 3.05) is 17.3 Å². The average molecular weight is 260 g/mol. The molecule has 0 spiro atoms. The molecular weight excluding hydrogens is 248 g/mol. The molecule has 8 heteroatoms. The SMILES string of the molecule is O=C(O)CSc1nnnn1CC1CCSC1. The number of hydrogen-bond acceptors (Lipinski definition) is 6. The van der Waals surface area contributed by atoms with Gasteiger partial charge in [-0.05, 0) is 34.3 Å². The second-order valence-electron chi connectivity index (χ2n) is 3.56. The maximum absolute atomic E-state index is 10.4. The summed E-state index contributed by atoms with van der Waals surface area (Å²) in [7, 11) is 0. The van der Waals surface area contributed by atoms with Gasteiger partial charge in [0.2, 0.25) is 5.16 Å². The van der Waals surface area contributed by atoms with Crippen LogP contribution in [0.15, 0.2) is 5.16 Å². The molecule has 1 saturated heterocycles. The van der Waals surface area contributed by atoms with Crippen LogP contribution >= 0.6 is 23.5 Å². The maximum atomic E-state index is 10.4. The Labute approximate surface area is 101 Å². The third-order valence-electron chi connectivity index (χ3n) is 2.28. The highest BCUT2D eigenvalue weighted by Crippen LogP contribution is 2.25. The van der Waals surface area contributed by atoms with Gasteiger partial charge in [-0.3, -0.25) is 4.79 Å². The molecule has 1 aromatic rings. The first-order chi connectivity index (χ1) is 7.75. The van der Waals surface area contributed by atoms with Crippen molar-refractivity contribution in [3.8, 4) is 0 Å². The molecule has 0 radical (unpaired) electrons. The van der Waals surface area contributed by atoms with Gasteiger partial charge in [-0.25, -0.2) is 4.68 Å². The van der Waals surface area contributed by atoms with Crippen molar-refractivity contribution in [2.45, 2.75) is 18.1 Å². The van der Waals surface area contributed by atoms with Gasteiger partial charge in [0, 0.05) is 6.54 Å². The van der Waals surface area contributed by atoms with E-state index in [2.05, 4.69) is 15.5 Å². The summed E-state index contributed by atoms with van der Waals surface area (Å²) >= 11 is 3.11. The maximum Gasteiger partial charge on any atom is 0.313 e. The molecule has 16 heavy (non-hydrogen) atoms. The molecule has 0 aliphatic carbocycles. The highest BCUT2D eigenvalue weighted by Gasteiger charge is 2.18. The quantitative estimate of drug-likeness (QED) is 0.776. The van der Waals surface area contributed by atoms with Crippen LogP contribution in [0.1, 0.15) is 6.42 Å². The van der Waals surface area contributed by atoms with Gasteiger partial charge in [0.05, 0.1) is 5.75 Å². The number of aromatic nitrogens is 4. The molecule has 0 amide bonds. The summed E-state index contributed by atoms with van der Waals surface area (Å²) in [6.07, 6.45) is 1.19. The molecule has 0 bridgehead atoms. The average Bonchev–Trinajstić information content (AvgIpc) is 2.87. The van der Waals surface area contributed by atoms with Crippen molar-refractivity contribution < 1.29 is 9.90 Å². The zero-order chi connectivity index (χ0) is 11.4. The first kappa shape index (κ1) is 11.7. The predicted octanol–water partition coefficient (Wildman–Crippen LogP) is 0.603. The molecule has 0 aromatic carbocycles. The fourth-order valence-electron chi connectivity index (χ4n) is 1.51. The summed E-state index contributed by atoms with van der Waals surface area (Å²) in [6.45, 7) is 0.794. The molecule has 1 atom stereocenters. The molecule has 1 aliphatic heterocycles. The van der Waals surface area contributed by atoms with Crippen LogP contribution in [0.3, 0.4) is 0 Å². The van der Waals surface area contributed by atoms with E-state index in [0.29, 0.717) is 11.1 Å². The summed E-state index contributed by atoms with van der Waals surface area (Å²) in [4.78, 5) is 10.4. The molecule has 0 saturated carbocycles. The van der Waals surface area contributed by atoms with E-state index in [-0.39, 0.29) is 5.75 Å². The molecule has 1 N–H and O–H groups in total. The Morgan fingerprint density at radius 1 is 1.69 bits per heavy atom. The van der Waals surface area contributed by atoms with Crippen molar-refractivity contribution in [2.24, 2.45) is 5.92 Å². The van der Waals surface area contributed by atoms with Crippen LogP contribution in [0, 0.1) is 5.92 Å². The smallest absolute Gasteiger partial charge is 0.313 e. The Hall–Kier alpha value is -0.760. The van der Waals surface area contributed by atoms with Crippen molar-refractivity contribution in [1.29, 1.82) is 0 Å². The largest absolute Gasteiger partial charge is 0.481 e. The minimum Gasteiger partial charge on any atom is -0.481 e. The van der Waals surface area contributed by atoms with Crippen molar-refractivity contribution >= 4 is 29.5 Å². The van der Waals surface area contributed by atoms with E-state index >= 15 is 0 Å². The van der Waals surface area contributed by atoms with Gasteiger partial charge in [-0.1, -0.05) is 11.8 Å². The van der Waals surface area contributed by atoms with E-state index < -0.39 is 5.97 Å². The number of carbonyl (C=O) groups is 1. The Bertz CT molecular complexity index is 365. The molecular formula is C8H12N4O2S2. The van der Waals surface area contributed by atoms with E-state index in [1.807, 2.05) is 11.8 Å². The lowest BCUT2D eigenvalue weighted by Gasteiger charge is -2.08. The minimum absolute atomic E-state index is 0.000208. The van der Waals surface area contributed by atoms with E-state index in [4.69, 9.17) is 5.11 Å². The predicted molar refractivity (Wildman–Crippen MR) is 61.6 cm³/mol. The zero-order valence-electron chi connectivity index (χ0n) is 8.57. The molecule has 1 unspecified atom stereocenters. The van der Waals surface area contributed by atoms with Crippen LogP contribution in [-0.2, 0) is 11.3 Å². The van der Waals surface area contributed by atoms with Crippen LogP contribution in [0.2, 0.25) is 0 Å². The Balaban J connectivity index is 1.92. The molecule has 88 valence electrons. The van der Waals surface area contributed by atoms with Crippen molar-refractivity contribution in [1.82, 2.24) is 20.2 Å². The van der Waals surface area contributed by atoms with Crippen LogP contribution in [0.5, 0.6) is 0 Å². The molecule has 2 heterocycles. The highest BCUT2D eigenvalue weighted by atomic mass is 32.2. The lowest BCUT2D eigenvalue weighted by atomic mass is 10.1. The number of tetrazole rings is 1. The number of nitrogens with zero attached hydrogens (tertiary/aromatic N) is 4. The normalized spacial score (nSPS) is 20.1. The van der Waals surface area contributed by atoms with Gasteiger partial charge in [0.15, 0.2) is 0 Å². The van der Waals surface area contributed by atoms with Gasteiger partial charge < -0.3 is 5.11 Å². The summed E-state index contributed by atoms with van der Waals surface area (Å²) < 4.78 is 1.71. The summed E-state index contributed by atoms with van der Waals surface area (Å²) in [5.74, 6) is 2.10. The van der Waals surface area contributed by atoms with Crippen LogP contribution < -0.4 is 0 Å². The van der Waals surface area contributed by atoms with Gasteiger partial charge in [-0.2, -0.15) is 11.8 Å².